The van der Waals surface area contributed by atoms with Gasteiger partial charge in [0.05, 0.1) is 20.6 Å². The highest BCUT2D eigenvalue weighted by atomic mass is 35.5. The van der Waals surface area contributed by atoms with Crippen LogP contribution in [0.4, 0.5) is 5.13 Å². The quantitative estimate of drug-likeness (QED) is 0.413. The van der Waals surface area contributed by atoms with Crippen molar-refractivity contribution >= 4 is 45.0 Å². The number of carbonyl (C=O) groups is 1. The van der Waals surface area contributed by atoms with Gasteiger partial charge in [-0.1, -0.05) is 55.0 Å². The van der Waals surface area contributed by atoms with Gasteiger partial charge in [0.15, 0.2) is 5.13 Å². The number of benzene rings is 2. The van der Waals surface area contributed by atoms with Crippen LogP contribution in [0.2, 0.25) is 0 Å². The Bertz CT molecular complexity index is 996. The van der Waals surface area contributed by atoms with Crippen molar-refractivity contribution in [3.05, 3.63) is 47.5 Å². The maximum absolute atomic E-state index is 13.4. The lowest BCUT2D eigenvalue weighted by atomic mass is 10.1. The molecule has 0 aliphatic rings. The molecule has 0 bridgehead atoms. The molecule has 1 heterocycles. The van der Waals surface area contributed by atoms with Gasteiger partial charge in [-0.15, -0.1) is 12.4 Å². The zero-order chi connectivity index (χ0) is 22.4. The van der Waals surface area contributed by atoms with E-state index in [0.717, 1.165) is 46.7 Å². The molecule has 32 heavy (non-hydrogen) atoms. The van der Waals surface area contributed by atoms with Gasteiger partial charge in [-0.05, 0) is 37.7 Å². The number of ether oxygens (including phenoxy) is 2. The zero-order valence-corrected chi connectivity index (χ0v) is 21.0. The first kappa shape index (κ1) is 25.9. The highest BCUT2D eigenvalue weighted by Crippen LogP contribution is 2.40. The number of thiazole rings is 1. The molecule has 3 rings (SSSR count). The molecule has 1 aromatic heterocycles. The number of aryl methyl sites for hydroxylation is 1. The van der Waals surface area contributed by atoms with Crippen molar-refractivity contribution in [1.29, 1.82) is 0 Å². The van der Waals surface area contributed by atoms with E-state index in [-0.39, 0.29) is 18.3 Å². The number of halogens is 1. The van der Waals surface area contributed by atoms with Gasteiger partial charge in [-0.2, -0.15) is 0 Å². The minimum absolute atomic E-state index is 0. The summed E-state index contributed by atoms with van der Waals surface area (Å²) in [5.74, 6) is 1.44. The number of rotatable bonds is 10. The molecule has 0 radical (unpaired) electrons. The molecule has 0 atom stereocenters. The third-order valence-electron chi connectivity index (χ3n) is 5.40. The van der Waals surface area contributed by atoms with Crippen molar-refractivity contribution in [2.45, 2.75) is 27.2 Å². The Labute approximate surface area is 200 Å². The van der Waals surface area contributed by atoms with Crippen LogP contribution < -0.4 is 14.4 Å². The Morgan fingerprint density at radius 3 is 2.34 bits per heavy atom. The van der Waals surface area contributed by atoms with E-state index in [1.807, 2.05) is 42.2 Å². The SMILES string of the molecule is CCN(CC)CCN(C(=O)Cc1cccc(C)c1)c1nc2c(OC)ccc(OC)c2s1.Cl. The Hall–Kier alpha value is -2.35. The van der Waals surface area contributed by atoms with E-state index in [1.165, 1.54) is 11.3 Å². The van der Waals surface area contributed by atoms with Crippen LogP contribution in [-0.2, 0) is 11.2 Å². The fourth-order valence-corrected chi connectivity index (χ4v) is 4.71. The van der Waals surface area contributed by atoms with Crippen LogP contribution >= 0.6 is 23.7 Å². The molecule has 6 nitrogen and oxygen atoms in total. The van der Waals surface area contributed by atoms with Crippen LogP contribution in [0.15, 0.2) is 36.4 Å². The fourth-order valence-electron chi connectivity index (χ4n) is 3.59. The lowest BCUT2D eigenvalue weighted by Crippen LogP contribution is -2.39. The molecule has 0 aliphatic carbocycles. The molecular weight excluding hydrogens is 446 g/mol. The van der Waals surface area contributed by atoms with Gasteiger partial charge in [0, 0.05) is 13.1 Å². The third kappa shape index (κ3) is 5.91. The first-order valence-corrected chi connectivity index (χ1v) is 11.4. The summed E-state index contributed by atoms with van der Waals surface area (Å²) in [7, 11) is 3.27. The van der Waals surface area contributed by atoms with Gasteiger partial charge in [-0.25, -0.2) is 4.98 Å². The van der Waals surface area contributed by atoms with E-state index < -0.39 is 0 Å². The standard InChI is InChI=1S/C24H31N3O3S.ClH/c1-6-26(7-2)13-14-27(21(28)16-18-10-8-9-17(3)15-18)24-25-22-19(29-4)11-12-20(30-5)23(22)31-24;/h8-12,15H,6-7,13-14,16H2,1-5H3;1H. The highest BCUT2D eigenvalue weighted by Gasteiger charge is 2.23. The van der Waals surface area contributed by atoms with Gasteiger partial charge >= 0.3 is 0 Å². The topological polar surface area (TPSA) is 54.9 Å². The average molecular weight is 478 g/mol. The molecule has 0 spiro atoms. The number of aromatic nitrogens is 1. The summed E-state index contributed by atoms with van der Waals surface area (Å²) >= 11 is 1.47. The van der Waals surface area contributed by atoms with E-state index in [4.69, 9.17) is 14.5 Å². The predicted molar refractivity (Wildman–Crippen MR) is 135 cm³/mol. The molecule has 8 heteroatoms. The average Bonchev–Trinajstić information content (AvgIpc) is 3.21. The molecular formula is C24H32ClN3O3S. The maximum Gasteiger partial charge on any atom is 0.233 e. The summed E-state index contributed by atoms with van der Waals surface area (Å²) in [4.78, 5) is 22.3. The van der Waals surface area contributed by atoms with Crippen LogP contribution in [0.3, 0.4) is 0 Å². The van der Waals surface area contributed by atoms with Gasteiger partial charge < -0.3 is 14.4 Å². The van der Waals surface area contributed by atoms with Crippen molar-refractivity contribution in [2.24, 2.45) is 0 Å². The van der Waals surface area contributed by atoms with Gasteiger partial charge in [-0.3, -0.25) is 9.69 Å². The first-order chi connectivity index (χ1) is 15.0. The summed E-state index contributed by atoms with van der Waals surface area (Å²) in [6.45, 7) is 9.56. The number of likely N-dealkylation sites (N-methyl/N-ethyl adjacent to an activating group) is 1. The largest absolute Gasteiger partial charge is 0.495 e. The lowest BCUT2D eigenvalue weighted by molar-refractivity contribution is -0.118. The van der Waals surface area contributed by atoms with Crippen molar-refractivity contribution in [1.82, 2.24) is 9.88 Å². The number of carbonyl (C=O) groups excluding carboxylic acids is 1. The molecule has 1 amide bonds. The smallest absolute Gasteiger partial charge is 0.233 e. The number of anilines is 1. The second-order valence-electron chi connectivity index (χ2n) is 7.38. The molecule has 174 valence electrons. The monoisotopic (exact) mass is 477 g/mol. The molecule has 0 saturated heterocycles. The summed E-state index contributed by atoms with van der Waals surface area (Å²) in [5.41, 5.74) is 2.88. The van der Waals surface area contributed by atoms with Gasteiger partial charge in [0.2, 0.25) is 5.91 Å². The second kappa shape index (κ2) is 12.0. The van der Waals surface area contributed by atoms with E-state index >= 15 is 0 Å². The van der Waals surface area contributed by atoms with Crippen molar-refractivity contribution in [3.63, 3.8) is 0 Å². The highest BCUT2D eigenvalue weighted by molar-refractivity contribution is 7.22. The maximum atomic E-state index is 13.4. The Morgan fingerprint density at radius 1 is 1.03 bits per heavy atom. The molecule has 0 saturated carbocycles. The Morgan fingerprint density at radius 2 is 1.72 bits per heavy atom. The molecule has 2 aromatic carbocycles. The Balaban J connectivity index is 0.00000363. The van der Waals surface area contributed by atoms with Crippen LogP contribution in [-0.4, -0.2) is 56.2 Å². The van der Waals surface area contributed by atoms with Crippen molar-refractivity contribution in [2.75, 3.05) is 45.3 Å². The minimum atomic E-state index is 0. The van der Waals surface area contributed by atoms with Crippen LogP contribution in [0, 0.1) is 6.92 Å². The van der Waals surface area contributed by atoms with Crippen molar-refractivity contribution < 1.29 is 14.3 Å². The van der Waals surface area contributed by atoms with Crippen LogP contribution in [0.5, 0.6) is 11.5 Å². The fraction of sp³-hybridized carbons (Fsp3) is 0.417. The lowest BCUT2D eigenvalue weighted by Gasteiger charge is -2.24. The normalized spacial score (nSPS) is 10.8. The minimum Gasteiger partial charge on any atom is -0.495 e. The summed E-state index contributed by atoms with van der Waals surface area (Å²) in [5, 5.41) is 0.669. The molecule has 0 fully saturated rings. The summed E-state index contributed by atoms with van der Waals surface area (Å²) in [6, 6.07) is 11.8. The number of fused-ring (bicyclic) bond motifs is 1. The van der Waals surface area contributed by atoms with Gasteiger partial charge in [0.25, 0.3) is 0 Å². The molecule has 0 unspecified atom stereocenters. The molecule has 3 aromatic rings. The first-order valence-electron chi connectivity index (χ1n) is 10.6. The number of methoxy groups -OCH3 is 2. The van der Waals surface area contributed by atoms with E-state index in [0.29, 0.717) is 23.8 Å². The summed E-state index contributed by atoms with van der Waals surface area (Å²) < 4.78 is 11.9. The van der Waals surface area contributed by atoms with Crippen LogP contribution in [0.25, 0.3) is 10.2 Å². The zero-order valence-electron chi connectivity index (χ0n) is 19.4. The molecule has 0 N–H and O–H groups in total. The third-order valence-corrected chi connectivity index (χ3v) is 6.50. The van der Waals surface area contributed by atoms with E-state index in [1.54, 1.807) is 14.2 Å². The number of hydrogen-bond donors (Lipinski definition) is 0. The number of nitrogens with zero attached hydrogens (tertiary/aromatic N) is 3. The summed E-state index contributed by atoms with van der Waals surface area (Å²) in [6.07, 6.45) is 0.337. The number of amides is 1. The Kier molecular flexibility index (Phi) is 9.75. The van der Waals surface area contributed by atoms with E-state index in [2.05, 4.69) is 24.8 Å². The van der Waals surface area contributed by atoms with E-state index in [9.17, 15) is 4.79 Å². The second-order valence-corrected chi connectivity index (χ2v) is 8.36. The predicted octanol–water partition coefficient (Wildman–Crippen LogP) is 4.96. The molecule has 0 aliphatic heterocycles. The van der Waals surface area contributed by atoms with Gasteiger partial charge in [0.1, 0.15) is 21.7 Å². The number of hydrogen-bond acceptors (Lipinski definition) is 6. The van der Waals surface area contributed by atoms with Crippen LogP contribution in [0.1, 0.15) is 25.0 Å². The van der Waals surface area contributed by atoms with Crippen molar-refractivity contribution in [3.8, 4) is 11.5 Å².